The van der Waals surface area contributed by atoms with Gasteiger partial charge in [0, 0.05) is 28.9 Å². The molecule has 0 atom stereocenters. The standard InChI is InChI=1S/C29H27N5O2/c1-20-10-9-15-24(18-20)30-26(35)17-16-25-21(2)33(19-22-11-5-3-6-12-22)29-31-27(32-34(29)28(25)36)23-13-7-4-8-14-23/h3-15,18H,16-17,19H2,1-2H3,(H,30,35). The molecule has 0 radical (unpaired) electrons. The molecule has 0 saturated heterocycles. The van der Waals surface area contributed by atoms with E-state index in [-0.39, 0.29) is 17.9 Å². The number of carbonyl (C=O) groups excluding carboxylic acids is 1. The molecule has 1 N–H and O–H groups in total. The number of hydrogen-bond acceptors (Lipinski definition) is 4. The van der Waals surface area contributed by atoms with Crippen LogP contribution in [0, 0.1) is 13.8 Å². The van der Waals surface area contributed by atoms with Crippen LogP contribution in [-0.2, 0) is 17.8 Å². The van der Waals surface area contributed by atoms with Gasteiger partial charge in [-0.25, -0.2) is 0 Å². The molecule has 0 aliphatic carbocycles. The monoisotopic (exact) mass is 477 g/mol. The van der Waals surface area contributed by atoms with Gasteiger partial charge in [-0.3, -0.25) is 9.59 Å². The van der Waals surface area contributed by atoms with Gasteiger partial charge in [-0.15, -0.1) is 5.10 Å². The summed E-state index contributed by atoms with van der Waals surface area (Å²) in [4.78, 5) is 31.0. The zero-order valence-electron chi connectivity index (χ0n) is 20.3. The Labute approximate surface area is 209 Å². The van der Waals surface area contributed by atoms with Crippen LogP contribution in [0.25, 0.3) is 17.2 Å². The van der Waals surface area contributed by atoms with E-state index in [2.05, 4.69) is 10.4 Å². The summed E-state index contributed by atoms with van der Waals surface area (Å²) < 4.78 is 3.37. The van der Waals surface area contributed by atoms with Gasteiger partial charge in [0.05, 0.1) is 6.54 Å². The molecule has 0 fully saturated rings. The maximum Gasteiger partial charge on any atom is 0.279 e. The Balaban J connectivity index is 1.52. The molecule has 3 aromatic carbocycles. The third kappa shape index (κ3) is 4.81. The SMILES string of the molecule is Cc1cccc(NC(=O)CCc2c(C)n(Cc3ccccc3)c3nc(-c4ccccc4)nn3c2=O)c1. The quantitative estimate of drug-likeness (QED) is 0.365. The summed E-state index contributed by atoms with van der Waals surface area (Å²) in [6, 6.07) is 27.3. The van der Waals surface area contributed by atoms with E-state index in [9.17, 15) is 9.59 Å². The van der Waals surface area contributed by atoms with Crippen molar-refractivity contribution in [3.05, 3.63) is 118 Å². The smallest absolute Gasteiger partial charge is 0.279 e. The maximum absolute atomic E-state index is 13.5. The lowest BCUT2D eigenvalue weighted by atomic mass is 10.1. The molecule has 180 valence electrons. The van der Waals surface area contributed by atoms with Crippen LogP contribution in [0.2, 0.25) is 0 Å². The van der Waals surface area contributed by atoms with E-state index in [1.54, 1.807) is 0 Å². The molecule has 0 unspecified atom stereocenters. The van der Waals surface area contributed by atoms with Crippen molar-refractivity contribution in [1.29, 1.82) is 0 Å². The fourth-order valence-corrected chi connectivity index (χ4v) is 4.35. The van der Waals surface area contributed by atoms with E-state index >= 15 is 0 Å². The lowest BCUT2D eigenvalue weighted by Gasteiger charge is -2.15. The predicted molar refractivity (Wildman–Crippen MR) is 141 cm³/mol. The van der Waals surface area contributed by atoms with Gasteiger partial charge in [-0.2, -0.15) is 9.50 Å². The molecule has 0 aliphatic heterocycles. The Morgan fingerprint density at radius 3 is 2.36 bits per heavy atom. The number of anilines is 1. The second kappa shape index (κ2) is 10.00. The Bertz CT molecular complexity index is 1590. The number of aromatic nitrogens is 4. The second-order valence-corrected chi connectivity index (χ2v) is 8.87. The summed E-state index contributed by atoms with van der Waals surface area (Å²) in [5.74, 6) is 0.828. The van der Waals surface area contributed by atoms with Crippen molar-refractivity contribution in [2.24, 2.45) is 0 Å². The molecule has 5 rings (SSSR count). The van der Waals surface area contributed by atoms with E-state index < -0.39 is 0 Å². The first-order valence-electron chi connectivity index (χ1n) is 11.9. The molecule has 7 heteroatoms. The van der Waals surface area contributed by atoms with Gasteiger partial charge in [0.2, 0.25) is 11.7 Å². The molecular formula is C29H27N5O2. The Morgan fingerprint density at radius 1 is 0.917 bits per heavy atom. The normalized spacial score (nSPS) is 11.1. The van der Waals surface area contributed by atoms with Gasteiger partial charge >= 0.3 is 0 Å². The topological polar surface area (TPSA) is 81.3 Å². The first-order chi connectivity index (χ1) is 17.5. The van der Waals surface area contributed by atoms with Gasteiger partial charge in [0.1, 0.15) is 0 Å². The first kappa shape index (κ1) is 23.2. The van der Waals surface area contributed by atoms with Crippen molar-refractivity contribution in [1.82, 2.24) is 19.2 Å². The Hall–Kier alpha value is -4.52. The van der Waals surface area contributed by atoms with Crippen LogP contribution >= 0.6 is 0 Å². The van der Waals surface area contributed by atoms with Gasteiger partial charge in [-0.1, -0.05) is 72.8 Å². The minimum absolute atomic E-state index is 0.141. The lowest BCUT2D eigenvalue weighted by molar-refractivity contribution is -0.116. The van der Waals surface area contributed by atoms with Crippen molar-refractivity contribution in [3.63, 3.8) is 0 Å². The molecule has 0 aliphatic rings. The summed E-state index contributed by atoms with van der Waals surface area (Å²) >= 11 is 0. The fourth-order valence-electron chi connectivity index (χ4n) is 4.35. The van der Waals surface area contributed by atoms with E-state index in [1.807, 2.05) is 103 Å². The largest absolute Gasteiger partial charge is 0.326 e. The number of aryl methyl sites for hydroxylation is 1. The third-order valence-electron chi connectivity index (χ3n) is 6.24. The molecule has 0 spiro atoms. The predicted octanol–water partition coefficient (Wildman–Crippen LogP) is 4.79. The van der Waals surface area contributed by atoms with Crippen LogP contribution in [0.1, 0.15) is 28.8 Å². The fraction of sp³-hybridized carbons (Fsp3) is 0.172. The number of hydrogen-bond donors (Lipinski definition) is 1. The molecule has 2 heterocycles. The zero-order chi connectivity index (χ0) is 25.1. The van der Waals surface area contributed by atoms with Gasteiger partial charge < -0.3 is 9.88 Å². The Morgan fingerprint density at radius 2 is 1.64 bits per heavy atom. The van der Waals surface area contributed by atoms with Gasteiger partial charge in [-0.05, 0) is 43.5 Å². The first-order valence-corrected chi connectivity index (χ1v) is 11.9. The van der Waals surface area contributed by atoms with Crippen LogP contribution < -0.4 is 10.9 Å². The number of nitrogens with one attached hydrogen (secondary N) is 1. The average molecular weight is 478 g/mol. The molecule has 36 heavy (non-hydrogen) atoms. The van der Waals surface area contributed by atoms with Crippen molar-refractivity contribution in [2.45, 2.75) is 33.2 Å². The van der Waals surface area contributed by atoms with E-state index in [1.165, 1.54) is 4.52 Å². The molecule has 2 aromatic heterocycles. The van der Waals surface area contributed by atoms with Crippen LogP contribution in [0.4, 0.5) is 5.69 Å². The Kier molecular flexibility index (Phi) is 6.45. The number of benzene rings is 3. The molecule has 5 aromatic rings. The molecule has 0 saturated carbocycles. The van der Waals surface area contributed by atoms with E-state index in [4.69, 9.17) is 4.98 Å². The average Bonchev–Trinajstić information content (AvgIpc) is 3.33. The van der Waals surface area contributed by atoms with E-state index in [0.29, 0.717) is 30.1 Å². The highest BCUT2D eigenvalue weighted by Crippen LogP contribution is 2.19. The highest BCUT2D eigenvalue weighted by molar-refractivity contribution is 5.90. The number of amides is 1. The number of carbonyl (C=O) groups is 1. The minimum atomic E-state index is -0.246. The summed E-state index contributed by atoms with van der Waals surface area (Å²) in [6.07, 6.45) is 0.481. The van der Waals surface area contributed by atoms with Crippen molar-refractivity contribution in [2.75, 3.05) is 5.32 Å². The third-order valence-corrected chi connectivity index (χ3v) is 6.24. The van der Waals surface area contributed by atoms with Crippen molar-refractivity contribution < 1.29 is 4.79 Å². The van der Waals surface area contributed by atoms with Crippen molar-refractivity contribution in [3.8, 4) is 11.4 Å². The molecule has 0 bridgehead atoms. The minimum Gasteiger partial charge on any atom is -0.326 e. The molecule has 7 nitrogen and oxygen atoms in total. The summed E-state index contributed by atoms with van der Waals surface area (Å²) in [7, 11) is 0. The number of nitrogens with zero attached hydrogens (tertiary/aromatic N) is 4. The highest BCUT2D eigenvalue weighted by Gasteiger charge is 2.19. The number of fused-ring (bicyclic) bond motifs is 1. The highest BCUT2D eigenvalue weighted by atomic mass is 16.1. The second-order valence-electron chi connectivity index (χ2n) is 8.87. The number of rotatable bonds is 7. The lowest BCUT2D eigenvalue weighted by Crippen LogP contribution is -2.27. The maximum atomic E-state index is 13.5. The van der Waals surface area contributed by atoms with Crippen LogP contribution in [0.5, 0.6) is 0 Å². The summed E-state index contributed by atoms with van der Waals surface area (Å²) in [5.41, 5.74) is 4.83. The van der Waals surface area contributed by atoms with E-state index in [0.717, 1.165) is 28.1 Å². The van der Waals surface area contributed by atoms with Crippen LogP contribution in [0.3, 0.4) is 0 Å². The molecule has 1 amide bonds. The van der Waals surface area contributed by atoms with Gasteiger partial charge in [0.25, 0.3) is 5.56 Å². The molecular weight excluding hydrogens is 450 g/mol. The van der Waals surface area contributed by atoms with Gasteiger partial charge in [0.15, 0.2) is 5.82 Å². The van der Waals surface area contributed by atoms with Crippen LogP contribution in [0.15, 0.2) is 89.7 Å². The van der Waals surface area contributed by atoms with Crippen molar-refractivity contribution >= 4 is 17.4 Å². The summed E-state index contributed by atoms with van der Waals surface area (Å²) in [6.45, 7) is 4.42. The van der Waals surface area contributed by atoms with Crippen LogP contribution in [-0.4, -0.2) is 25.1 Å². The zero-order valence-corrected chi connectivity index (χ0v) is 20.3. The summed E-state index contributed by atoms with van der Waals surface area (Å²) in [5, 5.41) is 7.49.